The van der Waals surface area contributed by atoms with Gasteiger partial charge in [0, 0.05) is 19.2 Å². The zero-order valence-electron chi connectivity index (χ0n) is 7.46. The van der Waals surface area contributed by atoms with E-state index in [0.717, 1.165) is 6.29 Å². The van der Waals surface area contributed by atoms with E-state index >= 15 is 0 Å². The molecule has 2 aromatic rings. The van der Waals surface area contributed by atoms with Gasteiger partial charge in [0.05, 0.1) is 5.69 Å². The Bertz CT molecular complexity index is 405. The molecule has 0 bridgehead atoms. The van der Waals surface area contributed by atoms with E-state index in [1.54, 1.807) is 6.07 Å². The number of hydrogen-bond donors (Lipinski definition) is 0. The average Bonchev–Trinajstić information content (AvgIpc) is 2.85. The lowest BCUT2D eigenvalue weighted by Crippen LogP contribution is -2.04. The fraction of sp³-hybridized carbons (Fsp3) is 0.222. The van der Waals surface area contributed by atoms with Gasteiger partial charge >= 0.3 is 0 Å². The van der Waals surface area contributed by atoms with Crippen molar-refractivity contribution in [1.82, 2.24) is 14.7 Å². The van der Waals surface area contributed by atoms with Gasteiger partial charge in [0.2, 0.25) is 6.39 Å². The molecule has 14 heavy (non-hydrogen) atoms. The third kappa shape index (κ3) is 1.71. The molecule has 0 saturated heterocycles. The van der Waals surface area contributed by atoms with E-state index in [1.807, 2.05) is 16.8 Å². The number of rotatable bonds is 4. The topological polar surface area (TPSA) is 60.9 Å². The third-order valence-corrected chi connectivity index (χ3v) is 1.97. The second kappa shape index (κ2) is 3.87. The minimum absolute atomic E-state index is 0.649. The zero-order valence-corrected chi connectivity index (χ0v) is 7.46. The van der Waals surface area contributed by atoms with Crippen molar-refractivity contribution in [3.8, 4) is 0 Å². The smallest absolute Gasteiger partial charge is 0.213 e. The van der Waals surface area contributed by atoms with E-state index < -0.39 is 0 Å². The number of carbonyl (C=O) groups excluding carboxylic acids is 1. The molecule has 0 saturated carbocycles. The lowest BCUT2D eigenvalue weighted by atomic mass is 10.4. The van der Waals surface area contributed by atoms with Crippen LogP contribution in [0.15, 0.2) is 29.2 Å². The predicted octanol–water partition coefficient (Wildman–Crippen LogP) is 0.926. The van der Waals surface area contributed by atoms with Crippen LogP contribution in [0, 0.1) is 0 Å². The summed E-state index contributed by atoms with van der Waals surface area (Å²) in [5.74, 6) is 0.649. The van der Waals surface area contributed by atoms with Gasteiger partial charge in [-0.3, -0.25) is 4.79 Å². The van der Waals surface area contributed by atoms with Crippen LogP contribution in [0.5, 0.6) is 0 Å². The van der Waals surface area contributed by atoms with Crippen molar-refractivity contribution < 1.29 is 9.32 Å². The number of carbonyl (C=O) groups is 1. The molecule has 0 amide bonds. The second-order valence-electron chi connectivity index (χ2n) is 2.84. The molecule has 0 spiro atoms. The molecule has 0 radical (unpaired) electrons. The van der Waals surface area contributed by atoms with Crippen LogP contribution in [0.4, 0.5) is 0 Å². The Morgan fingerprint density at radius 1 is 1.57 bits per heavy atom. The van der Waals surface area contributed by atoms with Crippen molar-refractivity contribution >= 4 is 6.29 Å². The highest BCUT2D eigenvalue weighted by atomic mass is 16.5. The van der Waals surface area contributed by atoms with Crippen LogP contribution in [0.2, 0.25) is 0 Å². The van der Waals surface area contributed by atoms with Gasteiger partial charge in [0.1, 0.15) is 0 Å². The van der Waals surface area contributed by atoms with E-state index in [1.165, 1.54) is 6.39 Å². The molecule has 0 atom stereocenters. The first-order chi connectivity index (χ1) is 6.90. The quantitative estimate of drug-likeness (QED) is 0.674. The number of aryl methyl sites for hydroxylation is 2. The maximum Gasteiger partial charge on any atom is 0.213 e. The number of aromatic nitrogens is 3. The molecule has 0 aliphatic heterocycles. The van der Waals surface area contributed by atoms with E-state index in [2.05, 4.69) is 14.7 Å². The van der Waals surface area contributed by atoms with Crippen LogP contribution in [0.3, 0.4) is 0 Å². The van der Waals surface area contributed by atoms with E-state index in [-0.39, 0.29) is 0 Å². The Labute approximate surface area is 80.3 Å². The molecule has 2 rings (SSSR count). The van der Waals surface area contributed by atoms with Crippen molar-refractivity contribution in [3.05, 3.63) is 36.2 Å². The summed E-state index contributed by atoms with van der Waals surface area (Å²) in [5.41, 5.74) is 0.661. The Morgan fingerprint density at radius 2 is 2.50 bits per heavy atom. The van der Waals surface area contributed by atoms with Gasteiger partial charge in [0.25, 0.3) is 0 Å². The monoisotopic (exact) mass is 191 g/mol. The van der Waals surface area contributed by atoms with Crippen molar-refractivity contribution in [2.75, 3.05) is 0 Å². The molecule has 0 fully saturated rings. The molecule has 0 unspecified atom stereocenters. The van der Waals surface area contributed by atoms with Gasteiger partial charge < -0.3 is 9.09 Å². The average molecular weight is 191 g/mol. The minimum atomic E-state index is 0.649. The molecule has 5 nitrogen and oxygen atoms in total. The molecule has 5 heteroatoms. The summed E-state index contributed by atoms with van der Waals surface area (Å²) in [4.78, 5) is 14.5. The van der Waals surface area contributed by atoms with E-state index in [0.29, 0.717) is 24.5 Å². The van der Waals surface area contributed by atoms with Gasteiger partial charge in [-0.1, -0.05) is 5.16 Å². The van der Waals surface area contributed by atoms with Crippen LogP contribution >= 0.6 is 0 Å². The normalized spacial score (nSPS) is 10.3. The summed E-state index contributed by atoms with van der Waals surface area (Å²) < 4.78 is 6.45. The molecule has 0 aliphatic carbocycles. The third-order valence-electron chi connectivity index (χ3n) is 1.97. The molecule has 2 aromatic heterocycles. The van der Waals surface area contributed by atoms with E-state index in [4.69, 9.17) is 0 Å². The minimum Gasteiger partial charge on any atom is -0.345 e. The zero-order chi connectivity index (χ0) is 9.80. The summed E-state index contributed by atoms with van der Waals surface area (Å²) in [6, 6.07) is 3.60. The first-order valence-corrected chi connectivity index (χ1v) is 4.25. The summed E-state index contributed by atoms with van der Waals surface area (Å²) in [6.45, 7) is 0.681. The van der Waals surface area contributed by atoms with Gasteiger partial charge in [-0.25, -0.2) is 0 Å². The Kier molecular flexibility index (Phi) is 2.40. The molecule has 0 N–H and O–H groups in total. The molecular weight excluding hydrogens is 182 g/mol. The summed E-state index contributed by atoms with van der Waals surface area (Å²) in [5, 5.41) is 3.68. The first kappa shape index (κ1) is 8.68. The largest absolute Gasteiger partial charge is 0.345 e. The summed E-state index contributed by atoms with van der Waals surface area (Å²) in [6.07, 6.45) is 4.64. The highest BCUT2D eigenvalue weighted by Crippen LogP contribution is 2.01. The van der Waals surface area contributed by atoms with Crippen LogP contribution in [-0.4, -0.2) is 21.0 Å². The molecule has 2 heterocycles. The lowest BCUT2D eigenvalue weighted by Gasteiger charge is -2.01. The van der Waals surface area contributed by atoms with Gasteiger partial charge in [-0.2, -0.15) is 4.98 Å². The predicted molar refractivity (Wildman–Crippen MR) is 47.8 cm³/mol. The molecular formula is C9H9N3O2. The van der Waals surface area contributed by atoms with E-state index in [9.17, 15) is 4.79 Å². The maximum absolute atomic E-state index is 10.6. The van der Waals surface area contributed by atoms with Crippen LogP contribution in [-0.2, 0) is 13.0 Å². The molecule has 0 aromatic carbocycles. The number of hydrogen-bond acceptors (Lipinski definition) is 4. The highest BCUT2D eigenvalue weighted by Gasteiger charge is 2.01. The first-order valence-electron chi connectivity index (χ1n) is 4.25. The maximum atomic E-state index is 10.6. The number of aldehydes is 1. The fourth-order valence-corrected chi connectivity index (χ4v) is 1.26. The molecule has 72 valence electrons. The Morgan fingerprint density at radius 3 is 3.21 bits per heavy atom. The standard InChI is InChI=1S/C9H9N3O2/c13-6-8-2-1-4-12(8)5-3-9-10-7-14-11-9/h1-2,4,6-7H,3,5H2. The van der Waals surface area contributed by atoms with Gasteiger partial charge in [-0.05, 0) is 12.1 Å². The van der Waals surface area contributed by atoms with Crippen LogP contribution < -0.4 is 0 Å². The van der Waals surface area contributed by atoms with Crippen LogP contribution in [0.1, 0.15) is 16.3 Å². The summed E-state index contributed by atoms with van der Waals surface area (Å²) in [7, 11) is 0. The number of nitrogens with zero attached hydrogens (tertiary/aromatic N) is 3. The summed E-state index contributed by atoms with van der Waals surface area (Å²) >= 11 is 0. The Hall–Kier alpha value is -1.91. The van der Waals surface area contributed by atoms with Gasteiger partial charge in [0.15, 0.2) is 12.1 Å². The van der Waals surface area contributed by atoms with Crippen molar-refractivity contribution in [2.24, 2.45) is 0 Å². The van der Waals surface area contributed by atoms with Gasteiger partial charge in [-0.15, -0.1) is 0 Å². The highest BCUT2D eigenvalue weighted by molar-refractivity contribution is 5.72. The fourth-order valence-electron chi connectivity index (χ4n) is 1.26. The SMILES string of the molecule is O=Cc1cccn1CCc1ncon1. The van der Waals surface area contributed by atoms with Crippen LogP contribution in [0.25, 0.3) is 0 Å². The lowest BCUT2D eigenvalue weighted by molar-refractivity contribution is 0.111. The Balaban J connectivity index is 2.01. The van der Waals surface area contributed by atoms with Crippen molar-refractivity contribution in [3.63, 3.8) is 0 Å². The van der Waals surface area contributed by atoms with Crippen molar-refractivity contribution in [2.45, 2.75) is 13.0 Å². The molecule has 0 aliphatic rings. The second-order valence-corrected chi connectivity index (χ2v) is 2.84. The van der Waals surface area contributed by atoms with Crippen molar-refractivity contribution in [1.29, 1.82) is 0 Å².